The maximum atomic E-state index is 12.2. The molecule has 0 radical (unpaired) electrons. The van der Waals surface area contributed by atoms with Crippen molar-refractivity contribution in [3.8, 4) is 11.5 Å². The third-order valence-corrected chi connectivity index (χ3v) is 3.24. The van der Waals surface area contributed by atoms with Gasteiger partial charge in [-0.05, 0) is 48.3 Å². The fourth-order valence-electron chi connectivity index (χ4n) is 1.61. The van der Waals surface area contributed by atoms with Gasteiger partial charge in [0.2, 0.25) is 0 Å². The van der Waals surface area contributed by atoms with Gasteiger partial charge in [-0.2, -0.15) is 0 Å². The van der Waals surface area contributed by atoms with E-state index in [1.165, 1.54) is 0 Å². The Kier molecular flexibility index (Phi) is 6.48. The quantitative estimate of drug-likeness (QED) is 0.785. The van der Waals surface area contributed by atoms with Crippen LogP contribution in [0.25, 0.3) is 0 Å². The SMILES string of the molecule is CCCOc1c(Br)cc(C(=O)NCC(C)(C)N)cc1OC. The van der Waals surface area contributed by atoms with Crippen molar-refractivity contribution in [2.75, 3.05) is 20.3 Å². The van der Waals surface area contributed by atoms with E-state index >= 15 is 0 Å². The molecule has 118 valence electrons. The van der Waals surface area contributed by atoms with Gasteiger partial charge in [0.1, 0.15) is 0 Å². The highest BCUT2D eigenvalue weighted by molar-refractivity contribution is 9.10. The number of benzene rings is 1. The standard InChI is InChI=1S/C15H23BrN2O3/c1-5-6-21-13-11(16)7-10(8-12(13)20-4)14(19)18-9-15(2,3)17/h7-8H,5-6,9,17H2,1-4H3,(H,18,19). The summed E-state index contributed by atoms with van der Waals surface area (Å²) in [5, 5.41) is 2.80. The van der Waals surface area contributed by atoms with Crippen molar-refractivity contribution in [1.29, 1.82) is 0 Å². The molecule has 5 nitrogen and oxygen atoms in total. The maximum absolute atomic E-state index is 12.2. The lowest BCUT2D eigenvalue weighted by molar-refractivity contribution is 0.0945. The number of nitrogens with two attached hydrogens (primary N) is 1. The molecule has 0 aliphatic rings. The number of hydrogen-bond acceptors (Lipinski definition) is 4. The summed E-state index contributed by atoms with van der Waals surface area (Å²) in [6, 6.07) is 3.38. The Balaban J connectivity index is 2.94. The first kappa shape index (κ1) is 17.8. The Labute approximate surface area is 134 Å². The van der Waals surface area contributed by atoms with Gasteiger partial charge in [-0.15, -0.1) is 0 Å². The van der Waals surface area contributed by atoms with Crippen LogP contribution in [0, 0.1) is 0 Å². The van der Waals surface area contributed by atoms with Gasteiger partial charge in [-0.1, -0.05) is 6.92 Å². The second-order valence-corrected chi connectivity index (χ2v) is 6.36. The summed E-state index contributed by atoms with van der Waals surface area (Å²) in [6.45, 7) is 6.70. The van der Waals surface area contributed by atoms with E-state index in [4.69, 9.17) is 15.2 Å². The molecule has 0 bridgehead atoms. The average Bonchev–Trinajstić information content (AvgIpc) is 2.41. The predicted molar refractivity (Wildman–Crippen MR) is 87.1 cm³/mol. The highest BCUT2D eigenvalue weighted by Gasteiger charge is 2.17. The highest BCUT2D eigenvalue weighted by atomic mass is 79.9. The van der Waals surface area contributed by atoms with Crippen LogP contribution >= 0.6 is 15.9 Å². The van der Waals surface area contributed by atoms with Crippen molar-refractivity contribution in [2.45, 2.75) is 32.7 Å². The molecule has 0 fully saturated rings. The van der Waals surface area contributed by atoms with Crippen LogP contribution in [0.15, 0.2) is 16.6 Å². The molecule has 1 amide bonds. The number of halogens is 1. The molecule has 6 heteroatoms. The molecule has 0 heterocycles. The number of nitrogens with one attached hydrogen (secondary N) is 1. The zero-order valence-corrected chi connectivity index (χ0v) is 14.5. The lowest BCUT2D eigenvalue weighted by Crippen LogP contribution is -2.45. The second kappa shape index (κ2) is 7.66. The van der Waals surface area contributed by atoms with Gasteiger partial charge in [0.15, 0.2) is 11.5 Å². The fourth-order valence-corrected chi connectivity index (χ4v) is 2.16. The van der Waals surface area contributed by atoms with Gasteiger partial charge >= 0.3 is 0 Å². The van der Waals surface area contributed by atoms with Crippen LogP contribution in [0.5, 0.6) is 11.5 Å². The monoisotopic (exact) mass is 358 g/mol. The van der Waals surface area contributed by atoms with E-state index < -0.39 is 5.54 Å². The number of hydrogen-bond donors (Lipinski definition) is 2. The van der Waals surface area contributed by atoms with E-state index in [-0.39, 0.29) is 5.91 Å². The Morgan fingerprint density at radius 2 is 2.10 bits per heavy atom. The molecule has 0 atom stereocenters. The van der Waals surface area contributed by atoms with Gasteiger partial charge in [0.05, 0.1) is 18.2 Å². The summed E-state index contributed by atoms with van der Waals surface area (Å²) in [7, 11) is 1.55. The van der Waals surface area contributed by atoms with E-state index in [2.05, 4.69) is 21.2 Å². The Morgan fingerprint density at radius 3 is 2.62 bits per heavy atom. The minimum Gasteiger partial charge on any atom is -0.493 e. The molecule has 0 saturated heterocycles. The zero-order valence-electron chi connectivity index (χ0n) is 13.0. The number of rotatable bonds is 7. The van der Waals surface area contributed by atoms with Crippen LogP contribution in [0.3, 0.4) is 0 Å². The fraction of sp³-hybridized carbons (Fsp3) is 0.533. The molecular weight excluding hydrogens is 336 g/mol. The molecule has 0 unspecified atom stereocenters. The Hall–Kier alpha value is -1.27. The summed E-state index contributed by atoms with van der Waals surface area (Å²) in [4.78, 5) is 12.2. The lowest BCUT2D eigenvalue weighted by Gasteiger charge is -2.19. The van der Waals surface area contributed by atoms with Gasteiger partial charge in [-0.25, -0.2) is 0 Å². The molecule has 0 aromatic heterocycles. The minimum absolute atomic E-state index is 0.199. The van der Waals surface area contributed by atoms with Crippen molar-refractivity contribution < 1.29 is 14.3 Å². The normalized spacial score (nSPS) is 11.1. The van der Waals surface area contributed by atoms with Gasteiger partial charge in [0, 0.05) is 17.6 Å². The van der Waals surface area contributed by atoms with E-state index in [0.717, 1.165) is 6.42 Å². The smallest absolute Gasteiger partial charge is 0.251 e. The molecule has 1 rings (SSSR count). The third kappa shape index (κ3) is 5.55. The maximum Gasteiger partial charge on any atom is 0.251 e. The van der Waals surface area contributed by atoms with Gasteiger partial charge < -0.3 is 20.5 Å². The number of amides is 1. The minimum atomic E-state index is -0.457. The van der Waals surface area contributed by atoms with Crippen molar-refractivity contribution in [3.63, 3.8) is 0 Å². The average molecular weight is 359 g/mol. The van der Waals surface area contributed by atoms with Crippen molar-refractivity contribution >= 4 is 21.8 Å². The Morgan fingerprint density at radius 1 is 1.43 bits per heavy atom. The lowest BCUT2D eigenvalue weighted by atomic mass is 10.1. The first-order valence-electron chi connectivity index (χ1n) is 6.86. The zero-order chi connectivity index (χ0) is 16.0. The number of ether oxygens (including phenoxy) is 2. The molecular formula is C15H23BrN2O3. The van der Waals surface area contributed by atoms with Crippen LogP contribution < -0.4 is 20.5 Å². The summed E-state index contributed by atoms with van der Waals surface area (Å²) in [5.74, 6) is 0.930. The van der Waals surface area contributed by atoms with E-state index in [1.807, 2.05) is 20.8 Å². The molecule has 3 N–H and O–H groups in total. The van der Waals surface area contributed by atoms with Crippen molar-refractivity contribution in [2.24, 2.45) is 5.73 Å². The third-order valence-electron chi connectivity index (χ3n) is 2.65. The number of carbonyl (C=O) groups is 1. The molecule has 0 saturated carbocycles. The van der Waals surface area contributed by atoms with E-state index in [0.29, 0.717) is 34.7 Å². The van der Waals surface area contributed by atoms with Crippen molar-refractivity contribution in [1.82, 2.24) is 5.32 Å². The summed E-state index contributed by atoms with van der Waals surface area (Å²) >= 11 is 3.42. The molecule has 1 aromatic carbocycles. The van der Waals surface area contributed by atoms with Crippen LogP contribution in [-0.2, 0) is 0 Å². The second-order valence-electron chi connectivity index (χ2n) is 5.51. The molecule has 0 aliphatic carbocycles. The summed E-state index contributed by atoms with van der Waals surface area (Å²) < 4.78 is 11.6. The van der Waals surface area contributed by atoms with Crippen LogP contribution in [0.2, 0.25) is 0 Å². The molecule has 0 spiro atoms. The van der Waals surface area contributed by atoms with Crippen molar-refractivity contribution in [3.05, 3.63) is 22.2 Å². The van der Waals surface area contributed by atoms with E-state index in [1.54, 1.807) is 19.2 Å². The topological polar surface area (TPSA) is 73.6 Å². The Bertz CT molecular complexity index is 498. The number of methoxy groups -OCH3 is 1. The first-order valence-corrected chi connectivity index (χ1v) is 7.65. The predicted octanol–water partition coefficient (Wildman–Crippen LogP) is 2.71. The number of carbonyl (C=O) groups excluding carboxylic acids is 1. The van der Waals surface area contributed by atoms with Crippen LogP contribution in [0.1, 0.15) is 37.6 Å². The van der Waals surface area contributed by atoms with Gasteiger partial charge in [0.25, 0.3) is 5.91 Å². The highest BCUT2D eigenvalue weighted by Crippen LogP contribution is 2.36. The summed E-state index contributed by atoms with van der Waals surface area (Å²) in [6.07, 6.45) is 0.892. The summed E-state index contributed by atoms with van der Waals surface area (Å²) in [5.41, 5.74) is 5.89. The van der Waals surface area contributed by atoms with Crippen LogP contribution in [0.4, 0.5) is 0 Å². The van der Waals surface area contributed by atoms with E-state index in [9.17, 15) is 4.79 Å². The molecule has 21 heavy (non-hydrogen) atoms. The van der Waals surface area contributed by atoms with Gasteiger partial charge in [-0.3, -0.25) is 4.79 Å². The molecule has 1 aromatic rings. The van der Waals surface area contributed by atoms with Crippen LogP contribution in [-0.4, -0.2) is 31.7 Å². The largest absolute Gasteiger partial charge is 0.493 e. The first-order chi connectivity index (χ1) is 9.78. The molecule has 0 aliphatic heterocycles.